The van der Waals surface area contributed by atoms with E-state index in [9.17, 15) is 13.6 Å². The van der Waals surface area contributed by atoms with E-state index < -0.39 is 6.43 Å². The molecule has 1 amide bonds. The number of fused-ring (bicyclic) bond motifs is 1. The number of alkyl halides is 2. The number of rotatable bonds is 11. The second-order valence-corrected chi connectivity index (χ2v) is 12.5. The van der Waals surface area contributed by atoms with Crippen LogP contribution in [0.2, 0.25) is 0 Å². The molecule has 2 saturated heterocycles. The van der Waals surface area contributed by atoms with Gasteiger partial charge in [-0.15, -0.1) is 0 Å². The zero-order chi connectivity index (χ0) is 30.3. The third-order valence-electron chi connectivity index (χ3n) is 9.42. The van der Waals surface area contributed by atoms with Gasteiger partial charge in [0.2, 0.25) is 5.91 Å². The number of morpholine rings is 1. The fourth-order valence-electron chi connectivity index (χ4n) is 6.97. The number of anilines is 1. The Morgan fingerprint density at radius 2 is 1.70 bits per heavy atom. The van der Waals surface area contributed by atoms with Gasteiger partial charge < -0.3 is 19.9 Å². The van der Waals surface area contributed by atoms with Gasteiger partial charge in [0.25, 0.3) is 6.43 Å². The van der Waals surface area contributed by atoms with Gasteiger partial charge in [-0.3, -0.25) is 9.36 Å². The third kappa shape index (κ3) is 7.72. The minimum Gasteiger partial charge on any atom is -0.378 e. The molecule has 9 nitrogen and oxygen atoms in total. The second-order valence-electron chi connectivity index (χ2n) is 12.5. The Balaban J connectivity index is 1.07. The van der Waals surface area contributed by atoms with E-state index in [1.807, 2.05) is 6.07 Å². The summed E-state index contributed by atoms with van der Waals surface area (Å²) in [6.45, 7) is 5.72. The second kappa shape index (κ2) is 14.7. The van der Waals surface area contributed by atoms with Gasteiger partial charge >= 0.3 is 0 Å². The number of aryl methyl sites for hydroxylation is 1. The van der Waals surface area contributed by atoms with Gasteiger partial charge in [0.15, 0.2) is 5.82 Å². The highest BCUT2D eigenvalue weighted by molar-refractivity contribution is 5.78. The molecule has 11 heteroatoms. The van der Waals surface area contributed by atoms with Crippen molar-refractivity contribution in [1.82, 2.24) is 29.7 Å². The molecule has 0 unspecified atom stereocenters. The summed E-state index contributed by atoms with van der Waals surface area (Å²) >= 11 is 0. The third-order valence-corrected chi connectivity index (χ3v) is 9.42. The molecule has 238 valence electrons. The maximum Gasteiger partial charge on any atom is 0.296 e. The van der Waals surface area contributed by atoms with Gasteiger partial charge in [-0.25, -0.2) is 23.7 Å². The summed E-state index contributed by atoms with van der Waals surface area (Å²) in [5, 5.41) is 3.28. The maximum absolute atomic E-state index is 14.2. The van der Waals surface area contributed by atoms with Crippen molar-refractivity contribution in [3.63, 3.8) is 0 Å². The number of likely N-dealkylation sites (tertiary alicyclic amines) is 1. The zero-order valence-corrected chi connectivity index (χ0v) is 25.6. The topological polar surface area (TPSA) is 88.4 Å². The van der Waals surface area contributed by atoms with Crippen molar-refractivity contribution in [1.29, 1.82) is 0 Å². The number of ether oxygens (including phenoxy) is 1. The molecule has 6 rings (SSSR count). The molecule has 3 fully saturated rings. The first kappa shape index (κ1) is 30.8. The molecular weight excluding hydrogens is 564 g/mol. The number of piperidine rings is 1. The predicted octanol–water partition coefficient (Wildman–Crippen LogP) is 5.46. The monoisotopic (exact) mass is 609 g/mol. The Hall–Kier alpha value is -3.18. The van der Waals surface area contributed by atoms with Crippen LogP contribution in [0.1, 0.15) is 82.3 Å². The van der Waals surface area contributed by atoms with Gasteiger partial charge in [0.05, 0.1) is 24.2 Å². The van der Waals surface area contributed by atoms with E-state index in [0.29, 0.717) is 67.7 Å². The maximum atomic E-state index is 14.2. The van der Waals surface area contributed by atoms with Gasteiger partial charge in [-0.1, -0.05) is 25.0 Å². The van der Waals surface area contributed by atoms with Crippen molar-refractivity contribution in [2.45, 2.75) is 83.1 Å². The largest absolute Gasteiger partial charge is 0.378 e. The molecule has 3 aromatic rings. The number of nitrogens with one attached hydrogen (secondary N) is 1. The molecule has 1 aliphatic carbocycles. The highest BCUT2D eigenvalue weighted by Crippen LogP contribution is 2.31. The van der Waals surface area contributed by atoms with Gasteiger partial charge in [-0.2, -0.15) is 0 Å². The van der Waals surface area contributed by atoms with Crippen LogP contribution in [-0.2, 0) is 16.0 Å². The Morgan fingerprint density at radius 1 is 0.955 bits per heavy atom. The number of benzene rings is 1. The van der Waals surface area contributed by atoms with Crippen LogP contribution < -0.4 is 10.2 Å². The molecule has 2 aromatic heterocycles. The van der Waals surface area contributed by atoms with Crippen molar-refractivity contribution in [3.05, 3.63) is 42.0 Å². The molecule has 2 aliphatic heterocycles. The fourth-order valence-corrected chi connectivity index (χ4v) is 6.97. The molecule has 1 aromatic carbocycles. The fraction of sp³-hybridized carbons (Fsp3) is 0.636. The van der Waals surface area contributed by atoms with E-state index >= 15 is 0 Å². The van der Waals surface area contributed by atoms with Crippen LogP contribution in [0.5, 0.6) is 0 Å². The number of halogens is 2. The lowest BCUT2D eigenvalue weighted by atomic mass is 9.83. The number of carbonyl (C=O) groups excluding carboxylic acids is 1. The van der Waals surface area contributed by atoms with Gasteiger partial charge in [0.1, 0.15) is 17.5 Å². The number of para-hydroxylation sites is 2. The summed E-state index contributed by atoms with van der Waals surface area (Å²) in [6, 6.07) is 9.27. The molecule has 0 radical (unpaired) electrons. The Labute approximate surface area is 258 Å². The number of nitrogens with zero attached hydrogens (tertiary/aromatic N) is 6. The van der Waals surface area contributed by atoms with Crippen LogP contribution in [0.15, 0.2) is 30.3 Å². The van der Waals surface area contributed by atoms with Crippen LogP contribution in [0.25, 0.3) is 16.9 Å². The number of hydrogen-bond donors (Lipinski definition) is 1. The summed E-state index contributed by atoms with van der Waals surface area (Å²) < 4.78 is 35.3. The molecule has 4 heterocycles. The first-order valence-electron chi connectivity index (χ1n) is 16.5. The highest BCUT2D eigenvalue weighted by Gasteiger charge is 2.25. The van der Waals surface area contributed by atoms with E-state index in [2.05, 4.69) is 20.1 Å². The minimum atomic E-state index is -2.73. The van der Waals surface area contributed by atoms with Crippen molar-refractivity contribution < 1.29 is 18.3 Å². The summed E-state index contributed by atoms with van der Waals surface area (Å²) in [5.41, 5.74) is 1.13. The molecule has 1 N–H and O–H groups in total. The lowest BCUT2D eigenvalue weighted by Crippen LogP contribution is -2.40. The van der Waals surface area contributed by atoms with E-state index in [4.69, 9.17) is 14.7 Å². The van der Waals surface area contributed by atoms with E-state index in [1.54, 1.807) is 24.3 Å². The summed E-state index contributed by atoms with van der Waals surface area (Å²) in [7, 11) is 0. The first-order valence-corrected chi connectivity index (χ1v) is 16.5. The number of amides is 1. The molecule has 44 heavy (non-hydrogen) atoms. The predicted molar refractivity (Wildman–Crippen MR) is 166 cm³/mol. The number of hydrogen-bond acceptors (Lipinski definition) is 7. The standard InChI is InChI=1S/C33H45F2N7O2/c34-32(35)33-37-26-8-2-3-9-27(26)42(33)30-23-29(41-19-21-44-22-20-41)38-28(39-30)10-6-7-24-11-13-25(14-12-24)36-31(43)15-18-40-16-4-1-5-17-40/h2-3,8-9,23-25,32H,1,4-7,10-22H2,(H,36,43). The molecule has 3 aliphatic rings. The van der Waals surface area contributed by atoms with Crippen LogP contribution in [0.4, 0.5) is 14.6 Å². The van der Waals surface area contributed by atoms with E-state index in [-0.39, 0.29) is 17.8 Å². The van der Waals surface area contributed by atoms with Crippen molar-refractivity contribution in [2.24, 2.45) is 5.92 Å². The quantitative estimate of drug-likeness (QED) is 0.309. The van der Waals surface area contributed by atoms with Gasteiger partial charge in [-0.05, 0) is 76.1 Å². The normalized spacial score (nSPS) is 21.7. The van der Waals surface area contributed by atoms with Crippen LogP contribution >= 0.6 is 0 Å². The molecule has 0 spiro atoms. The zero-order valence-electron chi connectivity index (χ0n) is 25.6. The molecular formula is C33H45F2N7O2. The molecule has 0 bridgehead atoms. The lowest BCUT2D eigenvalue weighted by Gasteiger charge is -2.30. The SMILES string of the molecule is O=C(CCN1CCCCC1)NC1CCC(CCCc2nc(N3CCOCC3)cc(-n3c(C(F)F)nc4ccccc43)n2)CC1. The van der Waals surface area contributed by atoms with Crippen molar-refractivity contribution >= 4 is 22.8 Å². The number of imidazole rings is 1. The smallest absolute Gasteiger partial charge is 0.296 e. The Kier molecular flexibility index (Phi) is 10.3. The molecule has 0 atom stereocenters. The lowest BCUT2D eigenvalue weighted by molar-refractivity contribution is -0.122. The summed E-state index contributed by atoms with van der Waals surface area (Å²) in [5.74, 6) is 2.32. The average Bonchev–Trinajstić information content (AvgIpc) is 3.46. The van der Waals surface area contributed by atoms with Crippen LogP contribution in [0.3, 0.4) is 0 Å². The highest BCUT2D eigenvalue weighted by atomic mass is 19.3. The Bertz CT molecular complexity index is 1380. The first-order chi connectivity index (χ1) is 21.5. The van der Waals surface area contributed by atoms with E-state index in [1.165, 1.54) is 23.8 Å². The summed E-state index contributed by atoms with van der Waals surface area (Å²) in [4.78, 5) is 31.0. The van der Waals surface area contributed by atoms with Crippen LogP contribution in [-0.4, -0.2) is 82.3 Å². The molecule has 1 saturated carbocycles. The van der Waals surface area contributed by atoms with Crippen LogP contribution in [0, 0.1) is 5.92 Å². The Morgan fingerprint density at radius 3 is 2.48 bits per heavy atom. The summed E-state index contributed by atoms with van der Waals surface area (Å²) in [6.07, 6.45) is 8.60. The minimum absolute atomic E-state index is 0.188. The average molecular weight is 610 g/mol. The number of aromatic nitrogens is 4. The van der Waals surface area contributed by atoms with Crippen molar-refractivity contribution in [3.8, 4) is 5.82 Å². The van der Waals surface area contributed by atoms with Gasteiger partial charge in [0, 0.05) is 44.6 Å². The number of carbonyl (C=O) groups is 1. The van der Waals surface area contributed by atoms with E-state index in [0.717, 1.165) is 64.0 Å². The van der Waals surface area contributed by atoms with Crippen molar-refractivity contribution in [2.75, 3.05) is 50.8 Å².